The molecule has 1 heterocycles. The minimum atomic E-state index is -1.31. The van der Waals surface area contributed by atoms with Crippen LogP contribution < -0.4 is 0 Å². The highest BCUT2D eigenvalue weighted by Crippen LogP contribution is 2.10. The van der Waals surface area contributed by atoms with Gasteiger partial charge in [-0.25, -0.2) is 9.59 Å². The first-order valence-electron chi connectivity index (χ1n) is 3.70. The second-order valence-corrected chi connectivity index (χ2v) is 2.42. The van der Waals surface area contributed by atoms with Gasteiger partial charge in [0.15, 0.2) is 0 Å². The lowest BCUT2D eigenvalue weighted by molar-refractivity contribution is -0.133. The molecule has 14 heavy (non-hydrogen) atoms. The van der Waals surface area contributed by atoms with E-state index >= 15 is 0 Å². The Bertz CT molecular complexity index is 383. The van der Waals surface area contributed by atoms with Crippen molar-refractivity contribution >= 4 is 17.5 Å². The fourth-order valence-electron chi connectivity index (χ4n) is 0.891. The van der Waals surface area contributed by atoms with Gasteiger partial charge in [-0.1, -0.05) is 6.07 Å². The normalized spacial score (nSPS) is 11.0. The second-order valence-electron chi connectivity index (χ2n) is 2.42. The first kappa shape index (κ1) is 9.91. The van der Waals surface area contributed by atoms with E-state index in [4.69, 9.17) is 10.2 Å². The van der Waals surface area contributed by atoms with Crippen molar-refractivity contribution in [3.63, 3.8) is 0 Å². The number of pyridine rings is 1. The highest BCUT2D eigenvalue weighted by Gasteiger charge is 2.12. The highest BCUT2D eigenvalue weighted by molar-refractivity contribution is 6.18. The second kappa shape index (κ2) is 4.18. The molecule has 5 heteroatoms. The van der Waals surface area contributed by atoms with Crippen LogP contribution in [0, 0.1) is 0 Å². The smallest absolute Gasteiger partial charge is 0.338 e. The number of aliphatic carboxylic acids is 2. The molecule has 1 aromatic heterocycles. The van der Waals surface area contributed by atoms with Crippen LogP contribution in [-0.4, -0.2) is 27.1 Å². The summed E-state index contributed by atoms with van der Waals surface area (Å²) >= 11 is 0. The summed E-state index contributed by atoms with van der Waals surface area (Å²) in [6, 6.07) is 4.63. The van der Waals surface area contributed by atoms with Gasteiger partial charge in [0.2, 0.25) is 0 Å². The molecule has 1 aromatic rings. The molecule has 0 aromatic carbocycles. The zero-order chi connectivity index (χ0) is 10.6. The van der Waals surface area contributed by atoms with Crippen LogP contribution in [0.25, 0.3) is 5.57 Å². The number of hydrogen-bond acceptors (Lipinski definition) is 3. The molecular formula is C9H7NO4. The summed E-state index contributed by atoms with van der Waals surface area (Å²) in [5, 5.41) is 17.1. The van der Waals surface area contributed by atoms with Crippen molar-refractivity contribution in [1.82, 2.24) is 4.98 Å². The monoisotopic (exact) mass is 193 g/mol. The summed E-state index contributed by atoms with van der Waals surface area (Å²) in [7, 11) is 0. The molecule has 0 fully saturated rings. The van der Waals surface area contributed by atoms with Gasteiger partial charge in [-0.2, -0.15) is 0 Å². The molecule has 0 saturated carbocycles. The largest absolute Gasteiger partial charge is 0.478 e. The Kier molecular flexibility index (Phi) is 2.96. The zero-order valence-corrected chi connectivity index (χ0v) is 7.04. The summed E-state index contributed by atoms with van der Waals surface area (Å²) in [5.74, 6) is -2.63. The fraction of sp³-hybridized carbons (Fsp3) is 0. The molecule has 2 N–H and O–H groups in total. The first-order chi connectivity index (χ1) is 6.61. The Morgan fingerprint density at radius 2 is 2.00 bits per heavy atom. The quantitative estimate of drug-likeness (QED) is 0.687. The number of rotatable bonds is 3. The van der Waals surface area contributed by atoms with Crippen molar-refractivity contribution in [3.8, 4) is 0 Å². The number of carboxylic acids is 2. The van der Waals surface area contributed by atoms with Crippen molar-refractivity contribution in [2.75, 3.05) is 0 Å². The molecule has 72 valence electrons. The van der Waals surface area contributed by atoms with E-state index in [2.05, 4.69) is 4.98 Å². The van der Waals surface area contributed by atoms with Gasteiger partial charge in [0.05, 0.1) is 11.3 Å². The number of nitrogens with zero attached hydrogens (tertiary/aromatic N) is 1. The van der Waals surface area contributed by atoms with Crippen LogP contribution in [0.1, 0.15) is 5.69 Å². The van der Waals surface area contributed by atoms with E-state index in [1.807, 2.05) is 0 Å². The summed E-state index contributed by atoms with van der Waals surface area (Å²) in [4.78, 5) is 24.7. The van der Waals surface area contributed by atoms with Gasteiger partial charge in [-0.15, -0.1) is 0 Å². The van der Waals surface area contributed by atoms with Crippen molar-refractivity contribution in [2.24, 2.45) is 0 Å². The third kappa shape index (κ3) is 2.41. The van der Waals surface area contributed by atoms with Gasteiger partial charge in [0.1, 0.15) is 0 Å². The van der Waals surface area contributed by atoms with Crippen molar-refractivity contribution in [3.05, 3.63) is 36.2 Å². The maximum atomic E-state index is 10.7. The van der Waals surface area contributed by atoms with Crippen molar-refractivity contribution in [2.45, 2.75) is 0 Å². The molecule has 0 unspecified atom stereocenters. The third-order valence-electron chi connectivity index (χ3n) is 1.44. The van der Waals surface area contributed by atoms with Gasteiger partial charge in [0.25, 0.3) is 0 Å². The van der Waals surface area contributed by atoms with Gasteiger partial charge in [-0.05, 0) is 12.1 Å². The predicted octanol–water partition coefficient (Wildman–Crippen LogP) is 0.634. The maximum absolute atomic E-state index is 10.7. The minimum absolute atomic E-state index is 0.127. The number of carboxylic acid groups (broad SMARTS) is 2. The van der Waals surface area contributed by atoms with E-state index < -0.39 is 11.9 Å². The van der Waals surface area contributed by atoms with Crippen LogP contribution in [0.5, 0.6) is 0 Å². The van der Waals surface area contributed by atoms with Crippen LogP contribution in [0.4, 0.5) is 0 Å². The molecule has 0 saturated heterocycles. The Balaban J connectivity index is 3.14. The van der Waals surface area contributed by atoms with E-state index in [0.717, 1.165) is 0 Å². The zero-order valence-electron chi connectivity index (χ0n) is 7.04. The van der Waals surface area contributed by atoms with Gasteiger partial charge < -0.3 is 10.2 Å². The van der Waals surface area contributed by atoms with Crippen LogP contribution in [0.2, 0.25) is 0 Å². The molecule has 0 aliphatic rings. The van der Waals surface area contributed by atoms with Gasteiger partial charge in [0, 0.05) is 12.3 Å². The molecule has 0 amide bonds. The first-order valence-corrected chi connectivity index (χ1v) is 3.70. The Hall–Kier alpha value is -2.17. The van der Waals surface area contributed by atoms with Crippen molar-refractivity contribution in [1.29, 1.82) is 0 Å². The molecule has 0 aliphatic carbocycles. The lowest BCUT2D eigenvalue weighted by Gasteiger charge is -1.98. The van der Waals surface area contributed by atoms with E-state index in [0.29, 0.717) is 6.08 Å². The Morgan fingerprint density at radius 1 is 1.29 bits per heavy atom. The lowest BCUT2D eigenvalue weighted by Crippen LogP contribution is -2.04. The molecule has 0 bridgehead atoms. The van der Waals surface area contributed by atoms with Crippen molar-refractivity contribution < 1.29 is 19.8 Å². The highest BCUT2D eigenvalue weighted by atomic mass is 16.4. The van der Waals surface area contributed by atoms with E-state index in [9.17, 15) is 9.59 Å². The summed E-state index contributed by atoms with van der Waals surface area (Å²) < 4.78 is 0. The fourth-order valence-corrected chi connectivity index (χ4v) is 0.891. The van der Waals surface area contributed by atoms with Gasteiger partial charge in [-0.3, -0.25) is 4.98 Å². The van der Waals surface area contributed by atoms with E-state index in [1.54, 1.807) is 12.1 Å². The average Bonchev–Trinajstić information content (AvgIpc) is 2.15. The topological polar surface area (TPSA) is 87.5 Å². The predicted molar refractivity (Wildman–Crippen MR) is 47.5 cm³/mol. The van der Waals surface area contributed by atoms with Gasteiger partial charge >= 0.3 is 11.9 Å². The average molecular weight is 193 g/mol. The number of hydrogen-bond donors (Lipinski definition) is 2. The molecular weight excluding hydrogens is 186 g/mol. The minimum Gasteiger partial charge on any atom is -0.478 e. The van der Waals surface area contributed by atoms with E-state index in [1.165, 1.54) is 12.3 Å². The van der Waals surface area contributed by atoms with Crippen LogP contribution >= 0.6 is 0 Å². The summed E-state index contributed by atoms with van der Waals surface area (Å²) in [6.07, 6.45) is 2.01. The summed E-state index contributed by atoms with van der Waals surface area (Å²) in [6.45, 7) is 0. The summed E-state index contributed by atoms with van der Waals surface area (Å²) in [5.41, 5.74) is -0.208. The third-order valence-corrected chi connectivity index (χ3v) is 1.44. The standard InChI is InChI=1S/C9H7NO4/c11-8(12)5-6(9(13)14)7-3-1-2-4-10-7/h1-5H,(H,11,12)(H,13,14). The lowest BCUT2D eigenvalue weighted by atomic mass is 10.1. The van der Waals surface area contributed by atoms with Crippen LogP contribution in [0.3, 0.4) is 0 Å². The molecule has 5 nitrogen and oxygen atoms in total. The number of aromatic nitrogens is 1. The Morgan fingerprint density at radius 3 is 2.43 bits per heavy atom. The number of carbonyl (C=O) groups is 2. The maximum Gasteiger partial charge on any atom is 0.338 e. The molecule has 0 atom stereocenters. The molecule has 1 rings (SSSR count). The van der Waals surface area contributed by atoms with Crippen LogP contribution in [-0.2, 0) is 9.59 Å². The van der Waals surface area contributed by atoms with E-state index in [-0.39, 0.29) is 11.3 Å². The molecule has 0 aliphatic heterocycles. The molecule has 0 spiro atoms. The van der Waals surface area contributed by atoms with Crippen LogP contribution in [0.15, 0.2) is 30.5 Å². The SMILES string of the molecule is O=C(O)C=C(C(=O)O)c1ccccn1. The molecule has 0 radical (unpaired) electrons. The Labute approximate surface area is 79.3 Å².